The molecule has 0 aromatic heterocycles. The Balaban J connectivity index is 0.000000406. The van der Waals surface area contributed by atoms with E-state index < -0.39 is 41.5 Å². The average Bonchev–Trinajstić information content (AvgIpc) is 3.79. The predicted molar refractivity (Wildman–Crippen MR) is 189 cm³/mol. The Morgan fingerprint density at radius 3 is 1.28 bits per heavy atom. The monoisotopic (exact) mass is 805 g/mol. The van der Waals surface area contributed by atoms with E-state index in [1.807, 2.05) is 0 Å². The molecule has 0 spiro atoms. The van der Waals surface area contributed by atoms with Gasteiger partial charge in [0.05, 0.1) is 32.5 Å². The molecular formula is C37H47N3O17. The van der Waals surface area contributed by atoms with E-state index in [0.29, 0.717) is 30.9 Å². The summed E-state index contributed by atoms with van der Waals surface area (Å²) in [5, 5.41) is 0.412. The minimum Gasteiger partial charge on any atom is -0.463 e. The Hall–Kier alpha value is -5.76. The van der Waals surface area contributed by atoms with E-state index >= 15 is 0 Å². The first-order valence-electron chi connectivity index (χ1n) is 18.3. The zero-order chi connectivity index (χ0) is 42.2. The van der Waals surface area contributed by atoms with E-state index in [4.69, 9.17) is 18.9 Å². The molecule has 3 aliphatic heterocycles. The lowest BCUT2D eigenvalue weighted by molar-refractivity contribution is -0.197. The number of esters is 2. The van der Waals surface area contributed by atoms with Gasteiger partial charge in [-0.3, -0.25) is 57.7 Å². The third kappa shape index (κ3) is 19.6. The zero-order valence-corrected chi connectivity index (χ0v) is 31.7. The van der Waals surface area contributed by atoms with Crippen LogP contribution in [0.15, 0.2) is 24.3 Å². The van der Waals surface area contributed by atoms with E-state index in [-0.39, 0.29) is 133 Å². The normalized spacial score (nSPS) is 14.6. The summed E-state index contributed by atoms with van der Waals surface area (Å²) in [5.41, 5.74) is 0. The van der Waals surface area contributed by atoms with Crippen molar-refractivity contribution in [1.29, 1.82) is 0 Å². The van der Waals surface area contributed by atoms with Gasteiger partial charge in [0.15, 0.2) is 0 Å². The molecule has 0 radical (unpaired) electrons. The lowest BCUT2D eigenvalue weighted by atomic mass is 10.1. The van der Waals surface area contributed by atoms with Gasteiger partial charge in [0.2, 0.25) is 0 Å². The first-order valence-corrected chi connectivity index (χ1v) is 18.3. The zero-order valence-electron chi connectivity index (χ0n) is 31.7. The van der Waals surface area contributed by atoms with Gasteiger partial charge in [-0.25, -0.2) is 4.79 Å². The van der Waals surface area contributed by atoms with E-state index in [9.17, 15) is 57.5 Å². The maximum atomic E-state index is 11.8. The molecule has 6 amide bonds. The molecule has 0 unspecified atom stereocenters. The number of hydroxylamine groups is 2. The second-order valence-corrected chi connectivity index (χ2v) is 12.5. The second kappa shape index (κ2) is 26.2. The molecule has 0 aliphatic carbocycles. The van der Waals surface area contributed by atoms with Crippen molar-refractivity contribution in [2.45, 2.75) is 84.0 Å². The van der Waals surface area contributed by atoms with Crippen LogP contribution in [-0.4, -0.2) is 138 Å². The second-order valence-electron chi connectivity index (χ2n) is 12.5. The van der Waals surface area contributed by atoms with Crippen molar-refractivity contribution in [3.05, 3.63) is 24.3 Å². The van der Waals surface area contributed by atoms with Crippen molar-refractivity contribution in [1.82, 2.24) is 14.9 Å². The molecule has 3 heterocycles. The van der Waals surface area contributed by atoms with Gasteiger partial charge in [-0.2, -0.15) is 0 Å². The van der Waals surface area contributed by atoms with E-state index in [1.54, 1.807) is 0 Å². The minimum atomic E-state index is -0.888. The van der Waals surface area contributed by atoms with Crippen LogP contribution >= 0.6 is 0 Å². The van der Waals surface area contributed by atoms with Crippen LogP contribution in [0.2, 0.25) is 0 Å². The molecule has 0 bridgehead atoms. The Bertz CT molecular complexity index is 1550. The molecule has 312 valence electrons. The number of ether oxygens (including phenoxy) is 4. The fourth-order valence-electron chi connectivity index (χ4n) is 4.83. The molecule has 57 heavy (non-hydrogen) atoms. The van der Waals surface area contributed by atoms with Crippen LogP contribution in [0.4, 0.5) is 0 Å². The van der Waals surface area contributed by atoms with Crippen LogP contribution in [0.5, 0.6) is 0 Å². The van der Waals surface area contributed by atoms with Gasteiger partial charge in [0, 0.05) is 95.6 Å². The molecule has 0 aromatic rings. The van der Waals surface area contributed by atoms with Gasteiger partial charge < -0.3 is 28.6 Å². The van der Waals surface area contributed by atoms with E-state index in [2.05, 4.69) is 4.84 Å². The SMILES string of the molecule is CC(=O)CCC(=O)OCCOCCCC(=O)CCN1C(=O)C=CC1=O.O=C(CCCOCCOC(=O)CCC(=O)ON1C(=O)CCC1=O)CCN1C(=O)C=CC1=O. The molecule has 20 nitrogen and oxygen atoms in total. The minimum absolute atomic E-state index is 0.0132. The van der Waals surface area contributed by atoms with Gasteiger partial charge in [-0.15, -0.1) is 5.06 Å². The van der Waals surface area contributed by atoms with Crippen LogP contribution in [0, 0.1) is 0 Å². The number of Topliss-reactive ketones (excluding diaryl/α,β-unsaturated/α-hetero) is 3. The lowest BCUT2D eigenvalue weighted by Gasteiger charge is -2.12. The molecule has 0 atom stereocenters. The number of hydrogen-bond acceptors (Lipinski definition) is 17. The van der Waals surface area contributed by atoms with E-state index in [0.717, 1.165) is 22.0 Å². The topological polar surface area (TPSA) is 261 Å². The quantitative estimate of drug-likeness (QED) is 0.0609. The van der Waals surface area contributed by atoms with Crippen molar-refractivity contribution >= 4 is 70.7 Å². The van der Waals surface area contributed by atoms with E-state index in [1.165, 1.54) is 19.1 Å². The van der Waals surface area contributed by atoms with Crippen LogP contribution in [0.1, 0.15) is 84.0 Å². The lowest BCUT2D eigenvalue weighted by Crippen LogP contribution is -2.32. The molecule has 3 rings (SSSR count). The van der Waals surface area contributed by atoms with Gasteiger partial charge in [-0.1, -0.05) is 0 Å². The number of hydrogen-bond donors (Lipinski definition) is 0. The third-order valence-electron chi connectivity index (χ3n) is 7.91. The summed E-state index contributed by atoms with van der Waals surface area (Å²) in [6.45, 7) is 2.56. The molecule has 0 N–H and O–H groups in total. The first kappa shape index (κ1) is 47.4. The average molecular weight is 806 g/mol. The van der Waals surface area contributed by atoms with Crippen molar-refractivity contribution in [3.8, 4) is 0 Å². The van der Waals surface area contributed by atoms with Crippen molar-refractivity contribution < 1.29 is 81.3 Å². The van der Waals surface area contributed by atoms with Crippen molar-refractivity contribution in [3.63, 3.8) is 0 Å². The highest BCUT2D eigenvalue weighted by molar-refractivity contribution is 6.13. The van der Waals surface area contributed by atoms with Gasteiger partial charge in [-0.05, 0) is 19.8 Å². The summed E-state index contributed by atoms with van der Waals surface area (Å²) >= 11 is 0. The molecule has 3 aliphatic rings. The number of ketones is 3. The van der Waals surface area contributed by atoms with Crippen LogP contribution in [-0.2, 0) is 81.3 Å². The van der Waals surface area contributed by atoms with Gasteiger partial charge in [0.25, 0.3) is 35.4 Å². The van der Waals surface area contributed by atoms with Crippen LogP contribution in [0.3, 0.4) is 0 Å². The largest absolute Gasteiger partial charge is 0.463 e. The Morgan fingerprint density at radius 1 is 0.491 bits per heavy atom. The highest BCUT2D eigenvalue weighted by Gasteiger charge is 2.33. The first-order chi connectivity index (χ1) is 27.2. The highest BCUT2D eigenvalue weighted by atomic mass is 16.7. The van der Waals surface area contributed by atoms with Crippen molar-refractivity contribution in [2.24, 2.45) is 0 Å². The standard InChI is InChI=1S/C20H24N2O10.C17H23NO7/c23-14(9-10-21-15(24)3-4-16(21)25)2-1-11-30-12-13-31-19(28)7-8-20(29)32-22-17(26)5-6-18(22)27;1-13(19)4-7-17(23)25-12-11-24-10-2-3-14(20)8-9-18-15(21)5-6-16(18)22/h3-4H,1-2,5-13H2;5-6H,2-4,7-12H2,1H3. The summed E-state index contributed by atoms with van der Waals surface area (Å²) in [4.78, 5) is 143. The number of amides is 6. The van der Waals surface area contributed by atoms with Gasteiger partial charge in [0.1, 0.15) is 30.6 Å². The smallest absolute Gasteiger partial charge is 0.333 e. The Morgan fingerprint density at radius 2 is 0.877 bits per heavy atom. The maximum absolute atomic E-state index is 11.8. The third-order valence-corrected chi connectivity index (χ3v) is 7.91. The highest BCUT2D eigenvalue weighted by Crippen LogP contribution is 2.13. The Kier molecular flexibility index (Phi) is 21.7. The van der Waals surface area contributed by atoms with Crippen molar-refractivity contribution in [2.75, 3.05) is 52.7 Å². The predicted octanol–water partition coefficient (Wildman–Crippen LogP) is 0.178. The number of nitrogens with zero attached hydrogens (tertiary/aromatic N) is 3. The fourth-order valence-corrected chi connectivity index (χ4v) is 4.83. The number of carbonyl (C=O) groups is 12. The summed E-state index contributed by atoms with van der Waals surface area (Å²) in [6, 6.07) is 0. The molecular weight excluding hydrogens is 758 g/mol. The Labute approximate surface area is 327 Å². The van der Waals surface area contributed by atoms with Gasteiger partial charge >= 0.3 is 17.9 Å². The summed E-state index contributed by atoms with van der Waals surface area (Å²) in [5.74, 6) is -5.02. The summed E-state index contributed by atoms with van der Waals surface area (Å²) in [6.07, 6.45) is 5.99. The van der Waals surface area contributed by atoms with Crippen LogP contribution < -0.4 is 0 Å². The molecule has 1 saturated heterocycles. The number of rotatable bonds is 27. The fraction of sp³-hybridized carbons (Fsp3) is 0.568. The maximum Gasteiger partial charge on any atom is 0.333 e. The van der Waals surface area contributed by atoms with Crippen LogP contribution in [0.25, 0.3) is 0 Å². The number of imide groups is 3. The molecule has 1 fully saturated rings. The number of carbonyl (C=O) groups excluding carboxylic acids is 12. The molecule has 20 heteroatoms. The summed E-state index contributed by atoms with van der Waals surface area (Å²) in [7, 11) is 0. The summed E-state index contributed by atoms with van der Waals surface area (Å²) < 4.78 is 20.3. The molecule has 0 aromatic carbocycles. The molecule has 0 saturated carbocycles.